The van der Waals surface area contributed by atoms with Crippen molar-refractivity contribution in [2.24, 2.45) is 0 Å². The molecule has 0 spiro atoms. The smallest absolute Gasteiger partial charge is 0.170 e. The molecule has 0 aliphatic carbocycles. The van der Waals surface area contributed by atoms with Gasteiger partial charge in [-0.3, -0.25) is 9.59 Å². The van der Waals surface area contributed by atoms with Gasteiger partial charge in [0.25, 0.3) is 0 Å². The molecule has 1 heterocycles. The maximum Gasteiger partial charge on any atom is 0.170 e. The predicted octanol–water partition coefficient (Wildman–Crippen LogP) is 2.24. The number of hydrogen-bond donors (Lipinski definition) is 0. The van der Waals surface area contributed by atoms with Crippen molar-refractivity contribution in [3.63, 3.8) is 0 Å². The average Bonchev–Trinajstić information content (AvgIpc) is 2.59. The second-order valence-electron chi connectivity index (χ2n) is 4.71. The summed E-state index contributed by atoms with van der Waals surface area (Å²) in [5.74, 6) is -1.02. The quantitative estimate of drug-likeness (QED) is 0.716. The summed E-state index contributed by atoms with van der Waals surface area (Å²) in [6.07, 6.45) is 1.77. The average molecular weight is 242 g/mol. The van der Waals surface area contributed by atoms with Gasteiger partial charge in [0.2, 0.25) is 0 Å². The molecule has 1 fully saturated rings. The summed E-state index contributed by atoms with van der Waals surface area (Å²) in [5.41, 5.74) is 0. The van der Waals surface area contributed by atoms with E-state index in [9.17, 15) is 9.59 Å². The highest BCUT2D eigenvalue weighted by Gasteiger charge is 2.49. The van der Waals surface area contributed by atoms with Gasteiger partial charge < -0.3 is 9.47 Å². The Kier molecular flexibility index (Phi) is 4.83. The SMILES string of the molecule is CCCC1(CCC)O[C@@H](C(C)=O)[C@H](C(C)=O)O1. The molecule has 1 aliphatic rings. The van der Waals surface area contributed by atoms with Gasteiger partial charge in [-0.15, -0.1) is 0 Å². The van der Waals surface area contributed by atoms with E-state index in [0.29, 0.717) is 12.8 Å². The monoisotopic (exact) mass is 242 g/mol. The van der Waals surface area contributed by atoms with Crippen molar-refractivity contribution in [1.29, 1.82) is 0 Å². The number of rotatable bonds is 6. The van der Waals surface area contributed by atoms with Crippen molar-refractivity contribution in [3.05, 3.63) is 0 Å². The summed E-state index contributed by atoms with van der Waals surface area (Å²) < 4.78 is 11.5. The lowest BCUT2D eigenvalue weighted by Crippen LogP contribution is -2.34. The van der Waals surface area contributed by atoms with Gasteiger partial charge in [0.1, 0.15) is 0 Å². The molecule has 0 N–H and O–H groups in total. The molecule has 4 nitrogen and oxygen atoms in total. The number of carbonyl (C=O) groups excluding carboxylic acids is 2. The van der Waals surface area contributed by atoms with Crippen molar-refractivity contribution in [1.82, 2.24) is 0 Å². The van der Waals surface area contributed by atoms with Crippen LogP contribution in [0.5, 0.6) is 0 Å². The van der Waals surface area contributed by atoms with Crippen LogP contribution in [-0.2, 0) is 19.1 Å². The number of carbonyl (C=O) groups is 2. The third kappa shape index (κ3) is 3.13. The number of ether oxygens (including phenoxy) is 2. The summed E-state index contributed by atoms with van der Waals surface area (Å²) in [6.45, 7) is 6.96. The Morgan fingerprint density at radius 1 is 0.941 bits per heavy atom. The molecule has 0 bridgehead atoms. The standard InChI is InChI=1S/C13H22O4/c1-5-7-13(8-6-2)16-11(9(3)14)12(17-13)10(4)15/h11-12H,5-8H2,1-4H3/t11-,12-/m0/s1. The van der Waals surface area contributed by atoms with E-state index in [1.165, 1.54) is 13.8 Å². The minimum absolute atomic E-state index is 0.140. The number of ketones is 2. The third-order valence-corrected chi connectivity index (χ3v) is 3.02. The minimum Gasteiger partial charge on any atom is -0.336 e. The zero-order chi connectivity index (χ0) is 13.1. The zero-order valence-corrected chi connectivity index (χ0v) is 11.1. The molecule has 4 heteroatoms. The van der Waals surface area contributed by atoms with E-state index in [1.54, 1.807) is 0 Å². The Balaban J connectivity index is 2.90. The van der Waals surface area contributed by atoms with Crippen LogP contribution in [0.1, 0.15) is 53.4 Å². The maximum atomic E-state index is 11.5. The maximum absolute atomic E-state index is 11.5. The lowest BCUT2D eigenvalue weighted by molar-refractivity contribution is -0.187. The molecule has 17 heavy (non-hydrogen) atoms. The van der Waals surface area contributed by atoms with Gasteiger partial charge in [-0.05, 0) is 13.8 Å². The normalized spacial score (nSPS) is 27.1. The fourth-order valence-corrected chi connectivity index (χ4v) is 2.33. The summed E-state index contributed by atoms with van der Waals surface area (Å²) in [6, 6.07) is 0. The number of Topliss-reactive ketones (excluding diaryl/α,β-unsaturated/α-hetero) is 2. The van der Waals surface area contributed by atoms with Crippen LogP contribution < -0.4 is 0 Å². The van der Waals surface area contributed by atoms with Gasteiger partial charge in [-0.25, -0.2) is 0 Å². The molecule has 0 radical (unpaired) electrons. The van der Waals surface area contributed by atoms with Gasteiger partial charge in [0.05, 0.1) is 0 Å². The van der Waals surface area contributed by atoms with Gasteiger partial charge >= 0.3 is 0 Å². The van der Waals surface area contributed by atoms with E-state index in [-0.39, 0.29) is 11.6 Å². The van der Waals surface area contributed by atoms with E-state index in [0.717, 1.165) is 12.8 Å². The first-order valence-electron chi connectivity index (χ1n) is 6.32. The highest BCUT2D eigenvalue weighted by Crippen LogP contribution is 2.37. The van der Waals surface area contributed by atoms with Gasteiger partial charge in [-0.1, -0.05) is 26.7 Å². The molecule has 98 valence electrons. The third-order valence-electron chi connectivity index (χ3n) is 3.02. The Hall–Kier alpha value is -0.740. The molecule has 0 aromatic heterocycles. The first kappa shape index (κ1) is 14.3. The molecule has 0 aromatic rings. The van der Waals surface area contributed by atoms with Crippen molar-refractivity contribution >= 4 is 11.6 Å². The number of hydrogen-bond acceptors (Lipinski definition) is 4. The lowest BCUT2D eigenvalue weighted by Gasteiger charge is -2.27. The molecule has 0 unspecified atom stereocenters. The summed E-state index contributed by atoms with van der Waals surface area (Å²) in [4.78, 5) is 23.0. The van der Waals surface area contributed by atoms with E-state index >= 15 is 0 Å². The first-order valence-corrected chi connectivity index (χ1v) is 6.32. The molecule has 0 saturated carbocycles. The fourth-order valence-electron chi connectivity index (χ4n) is 2.33. The second-order valence-corrected chi connectivity index (χ2v) is 4.71. The molecular weight excluding hydrogens is 220 g/mol. The molecule has 1 aliphatic heterocycles. The van der Waals surface area contributed by atoms with Gasteiger partial charge in [0, 0.05) is 12.8 Å². The fraction of sp³-hybridized carbons (Fsp3) is 0.846. The summed E-state index contributed by atoms with van der Waals surface area (Å²) in [5, 5.41) is 0. The molecule has 0 amide bonds. The van der Waals surface area contributed by atoms with Crippen LogP contribution in [0.3, 0.4) is 0 Å². The van der Waals surface area contributed by atoms with Gasteiger partial charge in [0.15, 0.2) is 29.6 Å². The first-order chi connectivity index (χ1) is 7.95. The van der Waals surface area contributed by atoms with Gasteiger partial charge in [-0.2, -0.15) is 0 Å². The Morgan fingerprint density at radius 2 is 1.29 bits per heavy atom. The van der Waals surface area contributed by atoms with Crippen LogP contribution in [0.25, 0.3) is 0 Å². The molecule has 1 saturated heterocycles. The van der Waals surface area contributed by atoms with Crippen molar-refractivity contribution in [2.45, 2.75) is 71.4 Å². The topological polar surface area (TPSA) is 52.6 Å². The van der Waals surface area contributed by atoms with Crippen LogP contribution in [0.4, 0.5) is 0 Å². The van der Waals surface area contributed by atoms with Crippen LogP contribution in [0.15, 0.2) is 0 Å². The minimum atomic E-state index is -0.740. The van der Waals surface area contributed by atoms with E-state index in [1.807, 2.05) is 13.8 Å². The highest BCUT2D eigenvalue weighted by molar-refractivity contribution is 5.91. The molecular formula is C13H22O4. The van der Waals surface area contributed by atoms with E-state index in [2.05, 4.69) is 0 Å². The van der Waals surface area contributed by atoms with E-state index in [4.69, 9.17) is 9.47 Å². The molecule has 0 aromatic carbocycles. The Labute approximate surface area is 103 Å². The summed E-state index contributed by atoms with van der Waals surface area (Å²) >= 11 is 0. The molecule has 1 rings (SSSR count). The van der Waals surface area contributed by atoms with Crippen molar-refractivity contribution < 1.29 is 19.1 Å². The Morgan fingerprint density at radius 3 is 1.53 bits per heavy atom. The molecule has 2 atom stereocenters. The highest BCUT2D eigenvalue weighted by atomic mass is 16.8. The van der Waals surface area contributed by atoms with Crippen LogP contribution in [0.2, 0.25) is 0 Å². The second kappa shape index (κ2) is 5.74. The largest absolute Gasteiger partial charge is 0.336 e. The van der Waals surface area contributed by atoms with Crippen molar-refractivity contribution in [2.75, 3.05) is 0 Å². The summed E-state index contributed by atoms with van der Waals surface area (Å²) in [7, 11) is 0. The van der Waals surface area contributed by atoms with Crippen LogP contribution in [-0.4, -0.2) is 29.6 Å². The predicted molar refractivity (Wildman–Crippen MR) is 63.7 cm³/mol. The zero-order valence-electron chi connectivity index (χ0n) is 11.1. The van der Waals surface area contributed by atoms with E-state index < -0.39 is 18.0 Å². The Bertz CT molecular complexity index is 268. The van der Waals surface area contributed by atoms with Crippen LogP contribution >= 0.6 is 0 Å². The van der Waals surface area contributed by atoms with Crippen molar-refractivity contribution in [3.8, 4) is 0 Å². The lowest BCUT2D eigenvalue weighted by atomic mass is 10.1. The van der Waals surface area contributed by atoms with Crippen LogP contribution in [0, 0.1) is 0 Å².